The van der Waals surface area contributed by atoms with E-state index in [4.69, 9.17) is 26.8 Å². The quantitative estimate of drug-likeness (QED) is 0.312. The van der Waals surface area contributed by atoms with Crippen LogP contribution in [0.4, 0.5) is 15.1 Å². The number of nitrogens with zero attached hydrogens (tertiary/aromatic N) is 3. The molecule has 0 atom stereocenters. The zero-order chi connectivity index (χ0) is 28.0. The van der Waals surface area contributed by atoms with Crippen molar-refractivity contribution in [3.8, 4) is 22.9 Å². The molecule has 2 aromatic heterocycles. The smallest absolute Gasteiger partial charge is 0.404 e. The number of nitrogens with one attached hydrogen (secondary N) is 2. The van der Waals surface area contributed by atoms with Crippen molar-refractivity contribution in [1.82, 2.24) is 19.7 Å². The summed E-state index contributed by atoms with van der Waals surface area (Å²) in [6, 6.07) is 7.06. The summed E-state index contributed by atoms with van der Waals surface area (Å²) in [6.45, 7) is 2.01. The lowest BCUT2D eigenvalue weighted by atomic mass is 9.93. The molecule has 0 bridgehead atoms. The summed E-state index contributed by atoms with van der Waals surface area (Å²) < 4.78 is 53.0. The first kappa shape index (κ1) is 28.5. The third kappa shape index (κ3) is 7.31. The highest BCUT2D eigenvalue weighted by Crippen LogP contribution is 2.37. The number of anilines is 1. The number of amides is 1. The summed E-state index contributed by atoms with van der Waals surface area (Å²) in [5.74, 6) is -0.933. The second kappa shape index (κ2) is 12.5. The molecule has 4 N–H and O–H groups in total. The highest BCUT2D eigenvalue weighted by Gasteiger charge is 2.25. The summed E-state index contributed by atoms with van der Waals surface area (Å²) in [4.78, 5) is 23.7. The zero-order valence-electron chi connectivity index (χ0n) is 21.1. The third-order valence-electron chi connectivity index (χ3n) is 6.02. The van der Waals surface area contributed by atoms with E-state index in [0.717, 1.165) is 25.0 Å². The molecule has 4 rings (SSSR count). The van der Waals surface area contributed by atoms with E-state index < -0.39 is 21.9 Å². The Morgan fingerprint density at radius 1 is 1.18 bits per heavy atom. The topological polar surface area (TPSA) is 158 Å². The number of pyridine rings is 1. The van der Waals surface area contributed by atoms with Gasteiger partial charge in [0.25, 0.3) is 0 Å². The lowest BCUT2D eigenvalue weighted by molar-refractivity contribution is 0.0805. The molecular formula is C25H28ClFN6O5S. The number of rotatable bonds is 10. The van der Waals surface area contributed by atoms with Crippen molar-refractivity contribution in [3.05, 3.63) is 53.6 Å². The number of sulfonamides is 1. The molecule has 0 unspecified atom stereocenters. The number of benzene rings is 1. The minimum Gasteiger partial charge on any atom is -0.446 e. The van der Waals surface area contributed by atoms with Gasteiger partial charge >= 0.3 is 6.09 Å². The second-order valence-corrected chi connectivity index (χ2v) is 11.1. The second-order valence-electron chi connectivity index (χ2n) is 8.89. The maximum atomic E-state index is 15.0. The van der Waals surface area contributed by atoms with Crippen LogP contribution in [0, 0.1) is 5.82 Å². The molecule has 14 heteroatoms. The van der Waals surface area contributed by atoms with Gasteiger partial charge in [-0.2, -0.15) is 0 Å². The number of halogens is 2. The predicted molar refractivity (Wildman–Crippen MR) is 143 cm³/mol. The van der Waals surface area contributed by atoms with E-state index in [9.17, 15) is 13.2 Å². The molecule has 39 heavy (non-hydrogen) atoms. The molecule has 2 heterocycles. The Labute approximate surface area is 230 Å². The summed E-state index contributed by atoms with van der Waals surface area (Å²) >= 11 is 6.24. The Hall–Kier alpha value is -3.55. The van der Waals surface area contributed by atoms with Crippen LogP contribution < -0.4 is 20.5 Å². The van der Waals surface area contributed by atoms with E-state index in [2.05, 4.69) is 25.0 Å². The van der Waals surface area contributed by atoms with E-state index in [-0.39, 0.29) is 40.2 Å². The van der Waals surface area contributed by atoms with Crippen LogP contribution in [0.2, 0.25) is 5.02 Å². The highest BCUT2D eigenvalue weighted by atomic mass is 35.5. The van der Waals surface area contributed by atoms with Crippen molar-refractivity contribution >= 4 is 33.7 Å². The zero-order valence-corrected chi connectivity index (χ0v) is 22.6. The van der Waals surface area contributed by atoms with Crippen molar-refractivity contribution in [1.29, 1.82) is 0 Å². The van der Waals surface area contributed by atoms with Crippen LogP contribution in [0.3, 0.4) is 0 Å². The van der Waals surface area contributed by atoms with Crippen LogP contribution in [-0.4, -0.2) is 48.2 Å². The lowest BCUT2D eigenvalue weighted by Crippen LogP contribution is -2.32. The number of carbonyl (C=O) groups is 1. The molecule has 0 saturated heterocycles. The summed E-state index contributed by atoms with van der Waals surface area (Å²) in [7, 11) is -3.93. The molecule has 1 aliphatic rings. The lowest BCUT2D eigenvalue weighted by Gasteiger charge is -2.28. The first-order valence-electron chi connectivity index (χ1n) is 12.3. The molecule has 0 spiro atoms. The molecule has 1 amide bonds. The molecule has 3 aromatic rings. The normalized spacial score (nSPS) is 17.4. The number of nitrogens with two attached hydrogens (primary N) is 1. The molecule has 1 saturated carbocycles. The Kier molecular flexibility index (Phi) is 9.15. The van der Waals surface area contributed by atoms with Crippen LogP contribution in [0.1, 0.15) is 39.0 Å². The van der Waals surface area contributed by atoms with Gasteiger partial charge in [-0.3, -0.25) is 0 Å². The molecule has 0 radical (unpaired) electrons. The van der Waals surface area contributed by atoms with Gasteiger partial charge in [-0.05, 0) is 62.4 Å². The van der Waals surface area contributed by atoms with Gasteiger partial charge in [-0.25, -0.2) is 37.3 Å². The van der Waals surface area contributed by atoms with Crippen molar-refractivity contribution in [3.63, 3.8) is 0 Å². The summed E-state index contributed by atoms with van der Waals surface area (Å²) in [5.41, 5.74) is 6.01. The Morgan fingerprint density at radius 2 is 1.95 bits per heavy atom. The fraction of sp³-hybridized carbons (Fsp3) is 0.360. The van der Waals surface area contributed by atoms with Crippen molar-refractivity contribution in [2.24, 2.45) is 5.73 Å². The molecule has 1 aliphatic carbocycles. The monoisotopic (exact) mass is 578 g/mol. The maximum Gasteiger partial charge on any atom is 0.404 e. The van der Waals surface area contributed by atoms with Crippen molar-refractivity contribution < 1.29 is 27.1 Å². The van der Waals surface area contributed by atoms with E-state index in [1.54, 1.807) is 24.4 Å². The van der Waals surface area contributed by atoms with Gasteiger partial charge in [0, 0.05) is 25.0 Å². The maximum absolute atomic E-state index is 15.0. The highest BCUT2D eigenvalue weighted by molar-refractivity contribution is 7.89. The average molecular weight is 579 g/mol. The fourth-order valence-electron chi connectivity index (χ4n) is 4.12. The standard InChI is InChI=1S/C25H28ClFN6O5S/c1-2-10-31-39(35,36)17-13-19(26)22(20(27)14-17)38-23-18(4-3-11-29-23)21-9-12-30-25(33-21)32-15-5-7-16(8-6-15)37-24(28)34/h3-4,9,11-16,31H,2,5-8,10H2,1H3,(H2,28,34)(H,30,32,33). The predicted octanol–water partition coefficient (Wildman–Crippen LogP) is 4.63. The molecule has 11 nitrogen and oxygen atoms in total. The van der Waals surface area contributed by atoms with E-state index in [1.807, 2.05) is 6.92 Å². The average Bonchev–Trinajstić information content (AvgIpc) is 2.90. The van der Waals surface area contributed by atoms with E-state index in [1.165, 1.54) is 6.20 Å². The number of ether oxygens (including phenoxy) is 2. The number of hydrogen-bond acceptors (Lipinski definition) is 9. The first-order valence-corrected chi connectivity index (χ1v) is 14.2. The Balaban J connectivity index is 1.52. The third-order valence-corrected chi connectivity index (χ3v) is 7.74. The number of carbonyl (C=O) groups excluding carboxylic acids is 1. The molecule has 0 aliphatic heterocycles. The van der Waals surface area contributed by atoms with Gasteiger partial charge in [0.2, 0.25) is 21.9 Å². The van der Waals surface area contributed by atoms with Crippen molar-refractivity contribution in [2.45, 2.75) is 56.1 Å². The van der Waals surface area contributed by atoms with Gasteiger partial charge in [-0.15, -0.1) is 0 Å². The largest absolute Gasteiger partial charge is 0.446 e. The van der Waals surface area contributed by atoms with Gasteiger partial charge in [0.15, 0.2) is 11.6 Å². The molecule has 1 fully saturated rings. The number of aromatic nitrogens is 3. The SMILES string of the molecule is CCCNS(=O)(=O)c1cc(F)c(Oc2ncccc2-c2ccnc(NC3CCC(OC(N)=O)CC3)n2)c(Cl)c1. The summed E-state index contributed by atoms with van der Waals surface area (Å²) in [5, 5.41) is 3.06. The molecular weight excluding hydrogens is 551 g/mol. The number of hydrogen-bond donors (Lipinski definition) is 3. The van der Waals surface area contributed by atoms with E-state index >= 15 is 4.39 Å². The van der Waals surface area contributed by atoms with Crippen LogP contribution in [0.25, 0.3) is 11.3 Å². The molecule has 208 valence electrons. The first-order chi connectivity index (χ1) is 18.7. The van der Waals surface area contributed by atoms with Gasteiger partial charge in [0.1, 0.15) is 6.10 Å². The van der Waals surface area contributed by atoms with Crippen LogP contribution >= 0.6 is 11.6 Å². The van der Waals surface area contributed by atoms with Crippen LogP contribution in [-0.2, 0) is 14.8 Å². The van der Waals surface area contributed by atoms with Gasteiger partial charge in [-0.1, -0.05) is 18.5 Å². The van der Waals surface area contributed by atoms with Gasteiger partial charge in [0.05, 0.1) is 21.2 Å². The van der Waals surface area contributed by atoms with Crippen LogP contribution in [0.15, 0.2) is 47.6 Å². The molecule has 1 aromatic carbocycles. The van der Waals surface area contributed by atoms with Crippen LogP contribution in [0.5, 0.6) is 11.6 Å². The minimum absolute atomic E-state index is 0.0202. The van der Waals surface area contributed by atoms with Gasteiger partial charge < -0.3 is 20.5 Å². The van der Waals surface area contributed by atoms with E-state index in [0.29, 0.717) is 36.5 Å². The minimum atomic E-state index is -3.93. The number of primary amides is 1. The Bertz CT molecular complexity index is 1410. The van der Waals surface area contributed by atoms with Crippen molar-refractivity contribution in [2.75, 3.05) is 11.9 Å². The summed E-state index contributed by atoms with van der Waals surface area (Å²) in [6.07, 6.45) is 5.45. The Morgan fingerprint density at radius 3 is 2.64 bits per heavy atom. The fourth-order valence-corrected chi connectivity index (χ4v) is 5.61.